The van der Waals surface area contributed by atoms with Crippen LogP contribution in [0.1, 0.15) is 39.0 Å². The highest BCUT2D eigenvalue weighted by atomic mass is 79.9. The maximum absolute atomic E-state index is 11.2. The van der Waals surface area contributed by atoms with Crippen molar-refractivity contribution in [3.8, 4) is 0 Å². The summed E-state index contributed by atoms with van der Waals surface area (Å²) in [6.45, 7) is 4.20. The standard InChI is InChI=1S/C11H22BrNO2/c1-2-3-9-15-10-8-13-11(14)6-4-5-7-12/h2-10H2,1H3,(H,13,14). The molecule has 0 bridgehead atoms. The minimum atomic E-state index is 0.134. The summed E-state index contributed by atoms with van der Waals surface area (Å²) >= 11 is 3.34. The van der Waals surface area contributed by atoms with E-state index >= 15 is 0 Å². The Bertz CT molecular complexity index is 154. The maximum atomic E-state index is 11.2. The van der Waals surface area contributed by atoms with Crippen LogP contribution in [-0.2, 0) is 9.53 Å². The van der Waals surface area contributed by atoms with Gasteiger partial charge in [-0.3, -0.25) is 4.79 Å². The van der Waals surface area contributed by atoms with Crippen molar-refractivity contribution < 1.29 is 9.53 Å². The normalized spacial score (nSPS) is 10.3. The van der Waals surface area contributed by atoms with Crippen LogP contribution in [-0.4, -0.2) is 31.0 Å². The molecule has 0 radical (unpaired) electrons. The molecule has 3 nitrogen and oxygen atoms in total. The van der Waals surface area contributed by atoms with Gasteiger partial charge in [0.25, 0.3) is 0 Å². The van der Waals surface area contributed by atoms with Crippen molar-refractivity contribution in [1.29, 1.82) is 0 Å². The summed E-state index contributed by atoms with van der Waals surface area (Å²) in [5, 5.41) is 3.81. The lowest BCUT2D eigenvalue weighted by Gasteiger charge is -2.05. The van der Waals surface area contributed by atoms with E-state index in [1.54, 1.807) is 0 Å². The average Bonchev–Trinajstić information content (AvgIpc) is 2.23. The van der Waals surface area contributed by atoms with Gasteiger partial charge in [0.05, 0.1) is 6.61 Å². The van der Waals surface area contributed by atoms with Crippen LogP contribution in [0.3, 0.4) is 0 Å². The number of amides is 1. The second-order valence-electron chi connectivity index (χ2n) is 3.46. The fourth-order valence-electron chi connectivity index (χ4n) is 1.08. The molecule has 0 aromatic rings. The summed E-state index contributed by atoms with van der Waals surface area (Å²) in [5.74, 6) is 0.134. The first-order valence-electron chi connectivity index (χ1n) is 5.71. The number of unbranched alkanes of at least 4 members (excludes halogenated alkanes) is 2. The fourth-order valence-corrected chi connectivity index (χ4v) is 1.48. The monoisotopic (exact) mass is 279 g/mol. The van der Waals surface area contributed by atoms with E-state index in [1.165, 1.54) is 0 Å². The molecule has 0 spiro atoms. The van der Waals surface area contributed by atoms with Crippen LogP contribution >= 0.6 is 15.9 Å². The van der Waals surface area contributed by atoms with E-state index in [-0.39, 0.29) is 5.91 Å². The van der Waals surface area contributed by atoms with E-state index in [1.807, 2.05) is 0 Å². The van der Waals surface area contributed by atoms with Crippen LogP contribution in [0.25, 0.3) is 0 Å². The Balaban J connectivity index is 3.10. The van der Waals surface area contributed by atoms with Crippen molar-refractivity contribution in [3.05, 3.63) is 0 Å². The SMILES string of the molecule is CCCCOCCNC(=O)CCCCBr. The summed E-state index contributed by atoms with van der Waals surface area (Å²) in [6.07, 6.45) is 4.88. The topological polar surface area (TPSA) is 38.3 Å². The Labute approximate surface area is 101 Å². The van der Waals surface area contributed by atoms with Crippen molar-refractivity contribution in [2.24, 2.45) is 0 Å². The van der Waals surface area contributed by atoms with Gasteiger partial charge in [-0.25, -0.2) is 0 Å². The third-order valence-electron chi connectivity index (χ3n) is 2.00. The Morgan fingerprint density at radius 1 is 1.27 bits per heavy atom. The van der Waals surface area contributed by atoms with E-state index in [0.717, 1.165) is 37.6 Å². The molecule has 0 fully saturated rings. The zero-order chi connectivity index (χ0) is 11.4. The van der Waals surface area contributed by atoms with E-state index < -0.39 is 0 Å². The molecule has 0 aliphatic carbocycles. The number of carbonyl (C=O) groups is 1. The predicted molar refractivity (Wildman–Crippen MR) is 66.4 cm³/mol. The molecule has 0 saturated heterocycles. The minimum absolute atomic E-state index is 0.134. The molecule has 1 amide bonds. The second kappa shape index (κ2) is 12.0. The molecule has 0 aliphatic rings. The summed E-state index contributed by atoms with van der Waals surface area (Å²) in [5.41, 5.74) is 0. The number of rotatable bonds is 10. The van der Waals surface area contributed by atoms with Crippen molar-refractivity contribution in [2.75, 3.05) is 25.1 Å². The first-order valence-corrected chi connectivity index (χ1v) is 6.83. The molecule has 0 heterocycles. The lowest BCUT2D eigenvalue weighted by molar-refractivity contribution is -0.121. The van der Waals surface area contributed by atoms with Gasteiger partial charge in [0, 0.05) is 24.9 Å². The number of hydrogen-bond acceptors (Lipinski definition) is 2. The fraction of sp³-hybridized carbons (Fsp3) is 0.909. The molecule has 15 heavy (non-hydrogen) atoms. The predicted octanol–water partition coefficient (Wildman–Crippen LogP) is 2.48. The molecule has 0 saturated carbocycles. The lowest BCUT2D eigenvalue weighted by atomic mass is 10.2. The molecular weight excluding hydrogens is 258 g/mol. The first kappa shape index (κ1) is 14.9. The van der Waals surface area contributed by atoms with Gasteiger partial charge in [-0.2, -0.15) is 0 Å². The quantitative estimate of drug-likeness (QED) is 0.493. The summed E-state index contributed by atoms with van der Waals surface area (Å²) in [6, 6.07) is 0. The largest absolute Gasteiger partial charge is 0.380 e. The highest BCUT2D eigenvalue weighted by Gasteiger charge is 1.99. The third kappa shape index (κ3) is 11.8. The van der Waals surface area contributed by atoms with Crippen molar-refractivity contribution in [1.82, 2.24) is 5.32 Å². The van der Waals surface area contributed by atoms with E-state index in [2.05, 4.69) is 28.2 Å². The van der Waals surface area contributed by atoms with Gasteiger partial charge in [-0.1, -0.05) is 29.3 Å². The Morgan fingerprint density at radius 3 is 2.73 bits per heavy atom. The maximum Gasteiger partial charge on any atom is 0.220 e. The Kier molecular flexibility index (Phi) is 11.9. The molecule has 0 aromatic carbocycles. The van der Waals surface area contributed by atoms with Gasteiger partial charge in [0.1, 0.15) is 0 Å². The molecule has 4 heteroatoms. The van der Waals surface area contributed by atoms with Gasteiger partial charge >= 0.3 is 0 Å². The first-order chi connectivity index (χ1) is 7.31. The molecule has 0 aliphatic heterocycles. The van der Waals surface area contributed by atoms with Gasteiger partial charge in [0.15, 0.2) is 0 Å². The van der Waals surface area contributed by atoms with Crippen molar-refractivity contribution in [2.45, 2.75) is 39.0 Å². The molecule has 0 atom stereocenters. The van der Waals surface area contributed by atoms with Crippen molar-refractivity contribution in [3.63, 3.8) is 0 Å². The molecule has 0 unspecified atom stereocenters. The number of alkyl halides is 1. The van der Waals surface area contributed by atoms with Crippen LogP contribution < -0.4 is 5.32 Å². The van der Waals surface area contributed by atoms with Crippen LogP contribution in [0.4, 0.5) is 0 Å². The minimum Gasteiger partial charge on any atom is -0.380 e. The van der Waals surface area contributed by atoms with Gasteiger partial charge in [-0.05, 0) is 19.3 Å². The summed E-state index contributed by atoms with van der Waals surface area (Å²) in [4.78, 5) is 11.2. The number of nitrogens with one attached hydrogen (secondary N) is 1. The zero-order valence-electron chi connectivity index (χ0n) is 9.56. The van der Waals surface area contributed by atoms with Crippen LogP contribution in [0.5, 0.6) is 0 Å². The van der Waals surface area contributed by atoms with Gasteiger partial charge in [-0.15, -0.1) is 0 Å². The molecule has 1 N–H and O–H groups in total. The van der Waals surface area contributed by atoms with Crippen LogP contribution in [0.15, 0.2) is 0 Å². The highest BCUT2D eigenvalue weighted by molar-refractivity contribution is 9.09. The van der Waals surface area contributed by atoms with Crippen LogP contribution in [0, 0.1) is 0 Å². The number of carbonyl (C=O) groups excluding carboxylic acids is 1. The van der Waals surface area contributed by atoms with E-state index in [0.29, 0.717) is 19.6 Å². The Morgan fingerprint density at radius 2 is 2.07 bits per heavy atom. The number of ether oxygens (including phenoxy) is 1. The number of halogens is 1. The summed E-state index contributed by atoms with van der Waals surface area (Å²) in [7, 11) is 0. The highest BCUT2D eigenvalue weighted by Crippen LogP contribution is 1.97. The van der Waals surface area contributed by atoms with Crippen LogP contribution in [0.2, 0.25) is 0 Å². The third-order valence-corrected chi connectivity index (χ3v) is 2.56. The molecule has 90 valence electrons. The van der Waals surface area contributed by atoms with Gasteiger partial charge in [0.2, 0.25) is 5.91 Å². The molecule has 0 aromatic heterocycles. The zero-order valence-corrected chi connectivity index (χ0v) is 11.1. The van der Waals surface area contributed by atoms with E-state index in [9.17, 15) is 4.79 Å². The smallest absolute Gasteiger partial charge is 0.220 e. The Hall–Kier alpha value is -0.0900. The van der Waals surface area contributed by atoms with E-state index in [4.69, 9.17) is 4.74 Å². The molecule has 0 rings (SSSR count). The lowest BCUT2D eigenvalue weighted by Crippen LogP contribution is -2.27. The average molecular weight is 280 g/mol. The van der Waals surface area contributed by atoms with Gasteiger partial charge < -0.3 is 10.1 Å². The second-order valence-corrected chi connectivity index (χ2v) is 4.25. The van der Waals surface area contributed by atoms with Crippen molar-refractivity contribution >= 4 is 21.8 Å². The molecular formula is C11H22BrNO2. The summed E-state index contributed by atoms with van der Waals surface area (Å²) < 4.78 is 5.33. The number of hydrogen-bond donors (Lipinski definition) is 1.